The third-order valence-electron chi connectivity index (χ3n) is 3.67. The summed E-state index contributed by atoms with van der Waals surface area (Å²) in [6.45, 7) is 0.473. The van der Waals surface area contributed by atoms with Crippen LogP contribution in [-0.2, 0) is 10.0 Å². The molecule has 5 nitrogen and oxygen atoms in total. The highest BCUT2D eigenvalue weighted by Crippen LogP contribution is 2.29. The van der Waals surface area contributed by atoms with E-state index in [0.29, 0.717) is 23.7 Å². The zero-order valence-corrected chi connectivity index (χ0v) is 14.7. The number of sulfonamides is 1. The van der Waals surface area contributed by atoms with Crippen LogP contribution >= 0.6 is 23.2 Å². The van der Waals surface area contributed by atoms with Gasteiger partial charge in [0.25, 0.3) is 0 Å². The molecule has 24 heavy (non-hydrogen) atoms. The van der Waals surface area contributed by atoms with E-state index in [2.05, 4.69) is 4.98 Å². The summed E-state index contributed by atoms with van der Waals surface area (Å²) in [6.07, 6.45) is 3.20. The molecule has 1 saturated heterocycles. The molecular weight excluding hydrogens is 378 g/mol. The molecule has 3 rings (SSSR count). The SMILES string of the molecule is O=S(=O)(c1ccc(F)c(Cl)c1)N1CC[C@@H](Oc2ccncc2Cl)C1. The lowest BCUT2D eigenvalue weighted by atomic mass is 10.3. The first-order chi connectivity index (χ1) is 11.4. The van der Waals surface area contributed by atoms with Crippen LogP contribution in [0.3, 0.4) is 0 Å². The van der Waals surface area contributed by atoms with E-state index >= 15 is 0 Å². The van der Waals surface area contributed by atoms with Gasteiger partial charge in [-0.15, -0.1) is 0 Å². The van der Waals surface area contributed by atoms with E-state index in [-0.39, 0.29) is 22.6 Å². The molecule has 0 saturated carbocycles. The van der Waals surface area contributed by atoms with E-state index in [1.807, 2.05) is 0 Å². The first-order valence-electron chi connectivity index (χ1n) is 7.09. The number of rotatable bonds is 4. The Labute approximate surface area is 149 Å². The number of halogens is 3. The summed E-state index contributed by atoms with van der Waals surface area (Å²) in [6, 6.07) is 4.97. The third kappa shape index (κ3) is 3.49. The van der Waals surface area contributed by atoms with E-state index in [9.17, 15) is 12.8 Å². The van der Waals surface area contributed by atoms with Crippen LogP contribution in [0.15, 0.2) is 41.6 Å². The van der Waals surface area contributed by atoms with Gasteiger partial charge in [0.2, 0.25) is 10.0 Å². The second-order valence-corrected chi connectivity index (χ2v) is 8.03. The van der Waals surface area contributed by atoms with Gasteiger partial charge in [0, 0.05) is 25.0 Å². The molecule has 0 bridgehead atoms. The van der Waals surface area contributed by atoms with Crippen molar-refractivity contribution in [2.75, 3.05) is 13.1 Å². The lowest BCUT2D eigenvalue weighted by Crippen LogP contribution is -2.31. The summed E-state index contributed by atoms with van der Waals surface area (Å²) in [5, 5.41) is 0.135. The van der Waals surface area contributed by atoms with Gasteiger partial charge in [-0.05, 0) is 24.6 Å². The Kier molecular flexibility index (Phi) is 4.96. The molecule has 1 fully saturated rings. The molecule has 0 amide bonds. The average Bonchev–Trinajstić information content (AvgIpc) is 3.01. The fourth-order valence-corrected chi connectivity index (χ4v) is 4.36. The number of aromatic nitrogens is 1. The normalized spacial score (nSPS) is 18.7. The van der Waals surface area contributed by atoms with Crippen LogP contribution in [-0.4, -0.2) is 36.9 Å². The second kappa shape index (κ2) is 6.84. The fraction of sp³-hybridized carbons (Fsp3) is 0.267. The van der Waals surface area contributed by atoms with Gasteiger partial charge in [-0.2, -0.15) is 4.31 Å². The van der Waals surface area contributed by atoms with Crippen molar-refractivity contribution in [3.8, 4) is 5.75 Å². The summed E-state index contributed by atoms with van der Waals surface area (Å²) in [5.41, 5.74) is 0. The van der Waals surface area contributed by atoms with Gasteiger partial charge in [-0.3, -0.25) is 4.98 Å². The highest BCUT2D eigenvalue weighted by atomic mass is 35.5. The van der Waals surface area contributed by atoms with Crippen molar-refractivity contribution in [3.05, 3.63) is 52.5 Å². The summed E-state index contributed by atoms with van der Waals surface area (Å²) >= 11 is 11.7. The lowest BCUT2D eigenvalue weighted by molar-refractivity contribution is 0.215. The lowest BCUT2D eigenvalue weighted by Gasteiger charge is -2.18. The van der Waals surface area contributed by atoms with Crippen molar-refractivity contribution < 1.29 is 17.5 Å². The summed E-state index contributed by atoms with van der Waals surface area (Å²) in [5.74, 6) is -0.202. The Morgan fingerprint density at radius 3 is 2.75 bits per heavy atom. The maximum Gasteiger partial charge on any atom is 0.243 e. The molecule has 0 N–H and O–H groups in total. The maximum atomic E-state index is 13.2. The Bertz CT molecular complexity index is 864. The molecule has 1 aromatic carbocycles. The quantitative estimate of drug-likeness (QED) is 0.802. The number of nitrogens with zero attached hydrogens (tertiary/aromatic N) is 2. The highest BCUT2D eigenvalue weighted by Gasteiger charge is 2.34. The number of benzene rings is 1. The van der Waals surface area contributed by atoms with E-state index in [0.717, 1.165) is 12.1 Å². The second-order valence-electron chi connectivity index (χ2n) is 5.27. The Hall–Kier alpha value is -1.41. The molecule has 1 atom stereocenters. The largest absolute Gasteiger partial charge is 0.487 e. The third-order valence-corrected chi connectivity index (χ3v) is 6.10. The van der Waals surface area contributed by atoms with Crippen molar-refractivity contribution in [1.29, 1.82) is 0 Å². The Morgan fingerprint density at radius 2 is 2.04 bits per heavy atom. The predicted molar refractivity (Wildman–Crippen MR) is 88.4 cm³/mol. The van der Waals surface area contributed by atoms with Crippen LogP contribution in [0, 0.1) is 5.82 Å². The van der Waals surface area contributed by atoms with Crippen molar-refractivity contribution in [2.24, 2.45) is 0 Å². The Morgan fingerprint density at radius 1 is 1.25 bits per heavy atom. The zero-order valence-electron chi connectivity index (χ0n) is 12.3. The summed E-state index contributed by atoms with van der Waals surface area (Å²) in [7, 11) is -3.76. The van der Waals surface area contributed by atoms with Crippen LogP contribution < -0.4 is 4.74 Å². The molecule has 0 aliphatic carbocycles. The molecule has 9 heteroatoms. The molecule has 0 radical (unpaired) electrons. The molecule has 2 aromatic rings. The molecule has 128 valence electrons. The topological polar surface area (TPSA) is 59.5 Å². The first kappa shape index (κ1) is 17.4. The molecule has 0 unspecified atom stereocenters. The fourth-order valence-electron chi connectivity index (χ4n) is 2.44. The molecule has 0 spiro atoms. The first-order valence-corrected chi connectivity index (χ1v) is 9.29. The van der Waals surface area contributed by atoms with Gasteiger partial charge in [-0.1, -0.05) is 23.2 Å². The Balaban J connectivity index is 1.74. The van der Waals surface area contributed by atoms with E-state index < -0.39 is 15.8 Å². The van der Waals surface area contributed by atoms with Crippen molar-refractivity contribution in [3.63, 3.8) is 0 Å². The minimum Gasteiger partial charge on any atom is -0.487 e. The van der Waals surface area contributed by atoms with Crippen molar-refractivity contribution in [2.45, 2.75) is 17.4 Å². The van der Waals surface area contributed by atoms with Crippen molar-refractivity contribution in [1.82, 2.24) is 9.29 Å². The summed E-state index contributed by atoms with van der Waals surface area (Å²) < 4.78 is 45.5. The van der Waals surface area contributed by atoms with Crippen LogP contribution in [0.4, 0.5) is 4.39 Å². The number of ether oxygens (including phenoxy) is 1. The summed E-state index contributed by atoms with van der Waals surface area (Å²) in [4.78, 5) is 3.82. The van der Waals surface area contributed by atoms with Crippen molar-refractivity contribution >= 4 is 33.2 Å². The van der Waals surface area contributed by atoms with Crippen LogP contribution in [0.2, 0.25) is 10.0 Å². The van der Waals surface area contributed by atoms with Gasteiger partial charge in [0.05, 0.1) is 16.5 Å². The minimum atomic E-state index is -3.76. The van der Waals surface area contributed by atoms with Gasteiger partial charge >= 0.3 is 0 Å². The van der Waals surface area contributed by atoms with Crippen LogP contribution in [0.25, 0.3) is 0 Å². The standard InChI is InChI=1S/C15H13Cl2FN2O3S/c16-12-7-11(1-2-14(12)18)24(21,22)20-6-4-10(9-20)23-15-3-5-19-8-13(15)17/h1-3,5,7-8,10H,4,6,9H2/t10-/m1/s1. The predicted octanol–water partition coefficient (Wildman–Crippen LogP) is 3.37. The maximum absolute atomic E-state index is 13.2. The van der Waals surface area contributed by atoms with E-state index in [1.54, 1.807) is 12.3 Å². The number of hydrogen-bond acceptors (Lipinski definition) is 4. The van der Waals surface area contributed by atoms with Crippen LogP contribution in [0.1, 0.15) is 6.42 Å². The van der Waals surface area contributed by atoms with E-state index in [4.69, 9.17) is 27.9 Å². The zero-order chi connectivity index (χ0) is 17.3. The van der Waals surface area contributed by atoms with Gasteiger partial charge in [0.1, 0.15) is 22.7 Å². The van der Waals surface area contributed by atoms with Crippen LogP contribution in [0.5, 0.6) is 5.75 Å². The molecular formula is C15H13Cl2FN2O3S. The molecule has 1 aliphatic heterocycles. The number of hydrogen-bond donors (Lipinski definition) is 0. The minimum absolute atomic E-state index is 0.0449. The van der Waals surface area contributed by atoms with E-state index in [1.165, 1.54) is 16.6 Å². The van der Waals surface area contributed by atoms with Gasteiger partial charge in [-0.25, -0.2) is 12.8 Å². The number of pyridine rings is 1. The monoisotopic (exact) mass is 390 g/mol. The highest BCUT2D eigenvalue weighted by molar-refractivity contribution is 7.89. The molecule has 1 aromatic heterocycles. The average molecular weight is 391 g/mol. The smallest absolute Gasteiger partial charge is 0.243 e. The van der Waals surface area contributed by atoms with Gasteiger partial charge in [0.15, 0.2) is 0 Å². The molecule has 2 heterocycles. The molecule has 1 aliphatic rings. The van der Waals surface area contributed by atoms with Gasteiger partial charge < -0.3 is 4.74 Å².